The molecule has 0 fully saturated rings. The first-order valence-electron chi connectivity index (χ1n) is 6.58. The molecule has 0 bridgehead atoms. The van der Waals surface area contributed by atoms with E-state index in [2.05, 4.69) is 23.4 Å². The maximum Gasteiger partial charge on any atom is 0.111 e. The summed E-state index contributed by atoms with van der Waals surface area (Å²) in [7, 11) is 0. The number of thioether (sulfide) groups is 1. The summed E-state index contributed by atoms with van der Waals surface area (Å²) in [6.45, 7) is 4.36. The molecule has 2 rings (SSSR count). The van der Waals surface area contributed by atoms with Crippen LogP contribution >= 0.6 is 46.6 Å². The van der Waals surface area contributed by atoms with Gasteiger partial charge in [0.05, 0.1) is 21.1 Å². The number of aromatic nitrogens is 2. The van der Waals surface area contributed by atoms with E-state index in [1.54, 1.807) is 0 Å². The molecule has 0 saturated carbocycles. The zero-order chi connectivity index (χ0) is 14.7. The molecule has 6 heteroatoms. The number of alkyl halides is 1. The van der Waals surface area contributed by atoms with E-state index in [0.29, 0.717) is 22.0 Å². The smallest absolute Gasteiger partial charge is 0.111 e. The van der Waals surface area contributed by atoms with Crippen LogP contribution in [0.1, 0.15) is 25.7 Å². The Bertz CT molecular complexity index is 598. The average Bonchev–Trinajstić information content (AvgIpc) is 2.74. The number of aryl methyl sites for hydroxylation is 1. The molecule has 2 aromatic rings. The molecule has 1 unspecified atom stereocenters. The fourth-order valence-electron chi connectivity index (χ4n) is 2.26. The first kappa shape index (κ1) is 16.3. The van der Waals surface area contributed by atoms with Gasteiger partial charge in [0.15, 0.2) is 0 Å². The molecule has 2 nitrogen and oxygen atoms in total. The van der Waals surface area contributed by atoms with Crippen LogP contribution in [0.3, 0.4) is 0 Å². The molecule has 0 spiro atoms. The number of benzene rings is 1. The van der Waals surface area contributed by atoms with E-state index < -0.39 is 0 Å². The normalized spacial score (nSPS) is 13.1. The number of halogens is 3. The molecule has 1 aromatic heterocycles. The molecule has 20 heavy (non-hydrogen) atoms. The van der Waals surface area contributed by atoms with Crippen molar-refractivity contribution in [1.82, 2.24) is 9.55 Å². The lowest BCUT2D eigenvalue weighted by Crippen LogP contribution is -2.12. The SMILES string of the molecule is CCSCC(C)n1c(CCCl)nc2cc(Cl)c(Cl)cc21. The minimum atomic E-state index is 0.348. The fourth-order valence-corrected chi connectivity index (χ4v) is 3.47. The first-order chi connectivity index (χ1) is 9.58. The van der Waals surface area contributed by atoms with Crippen LogP contribution in [0.25, 0.3) is 11.0 Å². The Morgan fingerprint density at radius 1 is 1.30 bits per heavy atom. The van der Waals surface area contributed by atoms with Crippen LogP contribution in [0.5, 0.6) is 0 Å². The van der Waals surface area contributed by atoms with Crippen LogP contribution in [0.15, 0.2) is 12.1 Å². The molecule has 0 saturated heterocycles. The maximum atomic E-state index is 6.15. The van der Waals surface area contributed by atoms with Crippen LogP contribution < -0.4 is 0 Å². The highest BCUT2D eigenvalue weighted by Gasteiger charge is 2.17. The standard InChI is InChI=1S/C14H17Cl3N2S/c1-3-20-8-9(2)19-13-7-11(17)10(16)6-12(13)18-14(19)4-5-15/h6-7,9H,3-5,8H2,1-2H3. The van der Waals surface area contributed by atoms with Gasteiger partial charge in [-0.05, 0) is 24.8 Å². The summed E-state index contributed by atoms with van der Waals surface area (Å²) in [6.07, 6.45) is 0.743. The molecule has 0 aliphatic heterocycles. The van der Waals surface area contributed by atoms with Crippen molar-refractivity contribution in [1.29, 1.82) is 0 Å². The van der Waals surface area contributed by atoms with Crippen molar-refractivity contribution in [3.05, 3.63) is 28.0 Å². The Kier molecular flexibility index (Phi) is 5.91. The maximum absolute atomic E-state index is 6.15. The number of hydrogen-bond donors (Lipinski definition) is 0. The van der Waals surface area contributed by atoms with Gasteiger partial charge in [-0.15, -0.1) is 11.6 Å². The lowest BCUT2D eigenvalue weighted by Gasteiger charge is -2.17. The van der Waals surface area contributed by atoms with E-state index in [1.807, 2.05) is 23.9 Å². The van der Waals surface area contributed by atoms with Gasteiger partial charge in [-0.2, -0.15) is 11.8 Å². The van der Waals surface area contributed by atoms with E-state index >= 15 is 0 Å². The monoisotopic (exact) mass is 350 g/mol. The second-order valence-corrected chi connectivity index (χ2v) is 7.11. The third kappa shape index (κ3) is 3.38. The van der Waals surface area contributed by atoms with Gasteiger partial charge in [0.25, 0.3) is 0 Å². The van der Waals surface area contributed by atoms with Crippen LogP contribution in [0.4, 0.5) is 0 Å². The molecule has 0 aliphatic rings. The first-order valence-corrected chi connectivity index (χ1v) is 9.02. The summed E-state index contributed by atoms with van der Waals surface area (Å²) in [5.41, 5.74) is 1.91. The predicted octanol–water partition coefficient (Wildman–Crippen LogP) is 5.44. The lowest BCUT2D eigenvalue weighted by molar-refractivity contribution is 0.597. The summed E-state index contributed by atoms with van der Waals surface area (Å²) in [5, 5.41) is 1.10. The number of imidazole rings is 1. The Morgan fingerprint density at radius 3 is 2.65 bits per heavy atom. The van der Waals surface area contributed by atoms with Gasteiger partial charge < -0.3 is 4.57 Å². The van der Waals surface area contributed by atoms with Crippen molar-refractivity contribution in [2.45, 2.75) is 26.3 Å². The van der Waals surface area contributed by atoms with Crippen molar-refractivity contribution >= 4 is 57.6 Å². The van der Waals surface area contributed by atoms with E-state index in [-0.39, 0.29) is 0 Å². The molecular weight excluding hydrogens is 335 g/mol. The van der Waals surface area contributed by atoms with Gasteiger partial charge in [0.2, 0.25) is 0 Å². The van der Waals surface area contributed by atoms with Crippen molar-refractivity contribution in [3.8, 4) is 0 Å². The minimum absolute atomic E-state index is 0.348. The van der Waals surface area contributed by atoms with Gasteiger partial charge in [0.1, 0.15) is 5.82 Å². The van der Waals surface area contributed by atoms with Crippen LogP contribution in [0.2, 0.25) is 10.0 Å². The Morgan fingerprint density at radius 2 is 2.00 bits per heavy atom. The van der Waals surface area contributed by atoms with E-state index in [1.165, 1.54) is 0 Å². The second kappa shape index (κ2) is 7.26. The van der Waals surface area contributed by atoms with Crippen molar-refractivity contribution in [3.63, 3.8) is 0 Å². The zero-order valence-corrected chi connectivity index (χ0v) is 14.6. The highest BCUT2D eigenvalue weighted by atomic mass is 35.5. The third-order valence-corrected chi connectivity index (χ3v) is 5.16. The Labute approximate surface area is 138 Å². The molecule has 0 radical (unpaired) electrons. The summed E-state index contributed by atoms with van der Waals surface area (Å²) in [4.78, 5) is 4.66. The molecule has 1 atom stereocenters. The van der Waals surface area contributed by atoms with Crippen molar-refractivity contribution in [2.75, 3.05) is 17.4 Å². The van der Waals surface area contributed by atoms with Gasteiger partial charge >= 0.3 is 0 Å². The summed E-state index contributed by atoms with van der Waals surface area (Å²) >= 11 is 20.0. The molecule has 1 aromatic carbocycles. The largest absolute Gasteiger partial charge is 0.324 e. The number of nitrogens with zero attached hydrogens (tertiary/aromatic N) is 2. The molecule has 0 N–H and O–H groups in total. The van der Waals surface area contributed by atoms with Gasteiger partial charge in [0, 0.05) is 24.1 Å². The topological polar surface area (TPSA) is 17.8 Å². The van der Waals surface area contributed by atoms with Crippen molar-refractivity contribution < 1.29 is 0 Å². The van der Waals surface area contributed by atoms with E-state index in [9.17, 15) is 0 Å². The second-order valence-electron chi connectivity index (χ2n) is 4.60. The summed E-state index contributed by atoms with van der Waals surface area (Å²) in [5.74, 6) is 3.70. The molecular formula is C14H17Cl3N2S. The average molecular weight is 352 g/mol. The van der Waals surface area contributed by atoms with Crippen molar-refractivity contribution in [2.24, 2.45) is 0 Å². The molecule has 1 heterocycles. The Balaban J connectivity index is 2.52. The van der Waals surface area contributed by atoms with E-state index in [0.717, 1.165) is 34.8 Å². The van der Waals surface area contributed by atoms with Crippen LogP contribution in [0, 0.1) is 0 Å². The lowest BCUT2D eigenvalue weighted by atomic mass is 10.3. The van der Waals surface area contributed by atoms with E-state index in [4.69, 9.17) is 34.8 Å². The quantitative estimate of drug-likeness (QED) is 0.645. The number of hydrogen-bond acceptors (Lipinski definition) is 2. The van der Waals surface area contributed by atoms with Gasteiger partial charge in [-0.3, -0.25) is 0 Å². The highest BCUT2D eigenvalue weighted by molar-refractivity contribution is 7.99. The van der Waals surface area contributed by atoms with Gasteiger partial charge in [-0.25, -0.2) is 4.98 Å². The third-order valence-electron chi connectivity index (χ3n) is 3.13. The van der Waals surface area contributed by atoms with Gasteiger partial charge in [-0.1, -0.05) is 30.1 Å². The van der Waals surface area contributed by atoms with Crippen LogP contribution in [-0.4, -0.2) is 26.9 Å². The minimum Gasteiger partial charge on any atom is -0.324 e. The summed E-state index contributed by atoms with van der Waals surface area (Å²) in [6, 6.07) is 4.07. The molecule has 110 valence electrons. The number of fused-ring (bicyclic) bond motifs is 1. The molecule has 0 amide bonds. The number of rotatable bonds is 6. The fraction of sp³-hybridized carbons (Fsp3) is 0.500. The summed E-state index contributed by atoms with van der Waals surface area (Å²) < 4.78 is 2.24. The highest BCUT2D eigenvalue weighted by Crippen LogP contribution is 2.31. The molecule has 0 aliphatic carbocycles. The zero-order valence-electron chi connectivity index (χ0n) is 11.5. The predicted molar refractivity (Wildman–Crippen MR) is 91.9 cm³/mol. The van der Waals surface area contributed by atoms with Crippen LogP contribution in [-0.2, 0) is 6.42 Å². The Hall–Kier alpha value is -0.0900.